The first kappa shape index (κ1) is 12.5. The van der Waals surface area contributed by atoms with Crippen LogP contribution in [0.1, 0.15) is 25.7 Å². The lowest BCUT2D eigenvalue weighted by molar-refractivity contribution is -0.123. The number of nitrogens with one attached hydrogen (secondary N) is 3. The molecule has 1 aliphatic carbocycles. The quantitative estimate of drug-likeness (QED) is 0.541. The van der Waals surface area contributed by atoms with Crippen LogP contribution in [0, 0.1) is 5.92 Å². The van der Waals surface area contributed by atoms with Crippen molar-refractivity contribution in [1.29, 1.82) is 0 Å². The molecule has 0 saturated heterocycles. The first-order chi connectivity index (χ1) is 8.66. The Hall–Kier alpha value is -1.92. The van der Waals surface area contributed by atoms with Gasteiger partial charge in [-0.1, -0.05) is 0 Å². The number of carbonyl (C=O) groups excluding carboxylic acids is 3. The van der Waals surface area contributed by atoms with Gasteiger partial charge in [-0.05, 0) is 12.8 Å². The Morgan fingerprint density at radius 3 is 2.56 bits per heavy atom. The molecule has 0 atom stereocenters. The summed E-state index contributed by atoms with van der Waals surface area (Å²) in [6.07, 6.45) is 2.57. The van der Waals surface area contributed by atoms with Gasteiger partial charge in [0.05, 0.1) is 0 Å². The summed E-state index contributed by atoms with van der Waals surface area (Å²) in [5.74, 6) is -0.232. The fraction of sp³-hybridized carbons (Fsp3) is 0.636. The normalized spacial score (nSPS) is 18.7. The highest BCUT2D eigenvalue weighted by atomic mass is 16.2. The summed E-state index contributed by atoms with van der Waals surface area (Å²) in [5.41, 5.74) is 2.59. The summed E-state index contributed by atoms with van der Waals surface area (Å²) in [5, 5.41) is 9.07. The molecule has 1 heterocycles. The predicted molar refractivity (Wildman–Crippen MR) is 63.6 cm³/mol. The molecule has 7 heteroatoms. The van der Waals surface area contributed by atoms with Crippen molar-refractivity contribution < 1.29 is 14.4 Å². The van der Waals surface area contributed by atoms with Gasteiger partial charge in [-0.2, -0.15) is 5.10 Å². The summed E-state index contributed by atoms with van der Waals surface area (Å²) < 4.78 is 0. The number of hydrogen-bond donors (Lipinski definition) is 3. The molecule has 0 aromatic heterocycles. The van der Waals surface area contributed by atoms with Gasteiger partial charge in [0.1, 0.15) is 5.71 Å². The van der Waals surface area contributed by atoms with Crippen molar-refractivity contribution in [1.82, 2.24) is 16.1 Å². The molecule has 1 fully saturated rings. The number of rotatable bonds is 5. The minimum Gasteiger partial charge on any atom is -0.354 e. The predicted octanol–water partition coefficient (Wildman–Crippen LogP) is -1.11. The van der Waals surface area contributed by atoms with Crippen molar-refractivity contribution in [3.63, 3.8) is 0 Å². The standard InChI is InChI=1S/C11H16N4O3/c16-9-4-3-8(14-15-9)11(18)13-6-5-12-10(17)7-1-2-7/h7H,1-6H2,(H,12,17)(H,13,18)(H,15,16). The molecule has 7 nitrogen and oxygen atoms in total. The SMILES string of the molecule is O=C1CCC(C(=O)NCCNC(=O)C2CC2)=NN1. The van der Waals surface area contributed by atoms with E-state index >= 15 is 0 Å². The van der Waals surface area contributed by atoms with Crippen molar-refractivity contribution >= 4 is 23.4 Å². The molecule has 0 bridgehead atoms. The van der Waals surface area contributed by atoms with Crippen molar-refractivity contribution in [3.8, 4) is 0 Å². The summed E-state index contributed by atoms with van der Waals surface area (Å²) in [6, 6.07) is 0. The summed E-state index contributed by atoms with van der Waals surface area (Å²) in [7, 11) is 0. The molecular formula is C11H16N4O3. The van der Waals surface area contributed by atoms with Crippen LogP contribution >= 0.6 is 0 Å². The maximum absolute atomic E-state index is 11.6. The van der Waals surface area contributed by atoms with E-state index in [9.17, 15) is 14.4 Å². The largest absolute Gasteiger partial charge is 0.354 e. The third-order valence-corrected chi connectivity index (χ3v) is 2.82. The van der Waals surface area contributed by atoms with Gasteiger partial charge in [-0.25, -0.2) is 5.43 Å². The van der Waals surface area contributed by atoms with E-state index in [-0.39, 0.29) is 30.1 Å². The Bertz CT molecular complexity index is 401. The van der Waals surface area contributed by atoms with E-state index in [4.69, 9.17) is 0 Å². The lowest BCUT2D eigenvalue weighted by Crippen LogP contribution is -2.40. The van der Waals surface area contributed by atoms with Crippen LogP contribution in [0.3, 0.4) is 0 Å². The van der Waals surface area contributed by atoms with E-state index in [1.54, 1.807) is 0 Å². The minimum atomic E-state index is -0.296. The molecule has 1 saturated carbocycles. The Balaban J connectivity index is 1.62. The fourth-order valence-electron chi connectivity index (χ4n) is 1.59. The second kappa shape index (κ2) is 5.61. The zero-order chi connectivity index (χ0) is 13.0. The lowest BCUT2D eigenvalue weighted by Gasteiger charge is -2.12. The van der Waals surface area contributed by atoms with Crippen molar-refractivity contribution in [2.45, 2.75) is 25.7 Å². The maximum atomic E-state index is 11.6. The smallest absolute Gasteiger partial charge is 0.267 e. The number of nitrogens with zero attached hydrogens (tertiary/aromatic N) is 1. The van der Waals surface area contributed by atoms with Gasteiger partial charge >= 0.3 is 0 Å². The average Bonchev–Trinajstić information content (AvgIpc) is 3.19. The highest BCUT2D eigenvalue weighted by molar-refractivity contribution is 6.39. The van der Waals surface area contributed by atoms with Gasteiger partial charge < -0.3 is 10.6 Å². The topological polar surface area (TPSA) is 99.7 Å². The maximum Gasteiger partial charge on any atom is 0.267 e. The highest BCUT2D eigenvalue weighted by Crippen LogP contribution is 2.28. The molecule has 1 aliphatic heterocycles. The van der Waals surface area contributed by atoms with E-state index in [0.29, 0.717) is 25.2 Å². The zero-order valence-corrected chi connectivity index (χ0v) is 9.99. The molecule has 98 valence electrons. The van der Waals surface area contributed by atoms with Crippen LogP contribution in [-0.2, 0) is 14.4 Å². The van der Waals surface area contributed by atoms with Crippen LogP contribution in [0.25, 0.3) is 0 Å². The van der Waals surface area contributed by atoms with Crippen LogP contribution in [0.15, 0.2) is 5.10 Å². The molecule has 3 N–H and O–H groups in total. The van der Waals surface area contributed by atoms with Crippen LogP contribution in [0.5, 0.6) is 0 Å². The molecule has 2 aliphatic rings. The number of amides is 3. The number of hydrazone groups is 1. The van der Waals surface area contributed by atoms with Gasteiger partial charge in [0.15, 0.2) is 0 Å². The Kier molecular flexibility index (Phi) is 3.91. The van der Waals surface area contributed by atoms with Crippen molar-refractivity contribution in [2.75, 3.05) is 13.1 Å². The highest BCUT2D eigenvalue weighted by Gasteiger charge is 2.29. The molecule has 0 radical (unpaired) electrons. The van der Waals surface area contributed by atoms with Gasteiger partial charge in [0, 0.05) is 31.8 Å². The van der Waals surface area contributed by atoms with E-state index in [0.717, 1.165) is 12.8 Å². The van der Waals surface area contributed by atoms with E-state index < -0.39 is 0 Å². The average molecular weight is 252 g/mol. The molecule has 2 rings (SSSR count). The lowest BCUT2D eigenvalue weighted by atomic mass is 10.1. The van der Waals surface area contributed by atoms with E-state index in [1.165, 1.54) is 0 Å². The molecule has 0 aromatic carbocycles. The van der Waals surface area contributed by atoms with Crippen LogP contribution in [0.4, 0.5) is 0 Å². The van der Waals surface area contributed by atoms with Crippen LogP contribution in [-0.4, -0.2) is 36.5 Å². The third-order valence-electron chi connectivity index (χ3n) is 2.82. The fourth-order valence-corrected chi connectivity index (χ4v) is 1.59. The van der Waals surface area contributed by atoms with E-state index in [1.807, 2.05) is 0 Å². The molecule has 18 heavy (non-hydrogen) atoms. The Morgan fingerprint density at radius 2 is 1.94 bits per heavy atom. The zero-order valence-electron chi connectivity index (χ0n) is 9.99. The number of carbonyl (C=O) groups is 3. The summed E-state index contributed by atoms with van der Waals surface area (Å²) >= 11 is 0. The molecular weight excluding hydrogens is 236 g/mol. The van der Waals surface area contributed by atoms with Crippen LogP contribution < -0.4 is 16.1 Å². The molecule has 0 aromatic rings. The van der Waals surface area contributed by atoms with Gasteiger partial charge in [-0.3, -0.25) is 14.4 Å². The summed E-state index contributed by atoms with van der Waals surface area (Å²) in [4.78, 5) is 33.7. The molecule has 0 spiro atoms. The van der Waals surface area contributed by atoms with E-state index in [2.05, 4.69) is 21.2 Å². The van der Waals surface area contributed by atoms with Gasteiger partial charge in [-0.15, -0.1) is 0 Å². The number of hydrogen-bond acceptors (Lipinski definition) is 4. The Labute approximate surface area is 104 Å². The van der Waals surface area contributed by atoms with Crippen LogP contribution in [0.2, 0.25) is 0 Å². The first-order valence-electron chi connectivity index (χ1n) is 6.08. The van der Waals surface area contributed by atoms with Crippen molar-refractivity contribution in [2.24, 2.45) is 11.0 Å². The van der Waals surface area contributed by atoms with Gasteiger partial charge in [0.25, 0.3) is 5.91 Å². The monoisotopic (exact) mass is 252 g/mol. The Morgan fingerprint density at radius 1 is 1.22 bits per heavy atom. The minimum absolute atomic E-state index is 0.0616. The second-order valence-corrected chi connectivity index (χ2v) is 4.41. The molecule has 3 amide bonds. The summed E-state index contributed by atoms with van der Waals surface area (Å²) in [6.45, 7) is 0.783. The third kappa shape index (κ3) is 3.54. The van der Waals surface area contributed by atoms with Crippen molar-refractivity contribution in [3.05, 3.63) is 0 Å². The molecule has 0 unspecified atom stereocenters. The van der Waals surface area contributed by atoms with Gasteiger partial charge in [0.2, 0.25) is 11.8 Å². The second-order valence-electron chi connectivity index (χ2n) is 4.41. The first-order valence-corrected chi connectivity index (χ1v) is 6.08.